The molecule has 0 bridgehead atoms. The summed E-state index contributed by atoms with van der Waals surface area (Å²) in [6, 6.07) is 10.5. The fourth-order valence-electron chi connectivity index (χ4n) is 3.76. The minimum Gasteiger partial charge on any atom is -0.463 e. The van der Waals surface area contributed by atoms with E-state index < -0.39 is 12.0 Å². The van der Waals surface area contributed by atoms with Crippen LogP contribution in [0.4, 0.5) is 0 Å². The Morgan fingerprint density at radius 1 is 1.21 bits per heavy atom. The summed E-state index contributed by atoms with van der Waals surface area (Å²) in [5, 5.41) is 6.06. The summed E-state index contributed by atoms with van der Waals surface area (Å²) in [7, 11) is 0. The molecule has 2 aliphatic heterocycles. The van der Waals surface area contributed by atoms with E-state index in [0.717, 1.165) is 16.8 Å². The second-order valence-corrected chi connectivity index (χ2v) is 8.69. The number of carbonyl (C=O) groups is 2. The van der Waals surface area contributed by atoms with Gasteiger partial charge >= 0.3 is 5.97 Å². The number of aromatic nitrogens is 1. The van der Waals surface area contributed by atoms with Crippen molar-refractivity contribution in [1.82, 2.24) is 15.2 Å². The number of aliphatic imine (C=N–C) groups is 1. The lowest BCUT2D eigenvalue weighted by atomic mass is 9.93. The zero-order valence-corrected chi connectivity index (χ0v) is 19.8. The summed E-state index contributed by atoms with van der Waals surface area (Å²) in [5.41, 5.74) is 3.45. The van der Waals surface area contributed by atoms with Crippen molar-refractivity contribution in [2.45, 2.75) is 32.9 Å². The van der Waals surface area contributed by atoms with E-state index in [0.29, 0.717) is 28.0 Å². The zero-order chi connectivity index (χ0) is 23.4. The van der Waals surface area contributed by atoms with Crippen molar-refractivity contribution in [2.24, 2.45) is 4.99 Å². The monoisotopic (exact) mass is 482 g/mol. The topological polar surface area (TPSA) is 83.9 Å². The number of amides is 1. The lowest BCUT2D eigenvalue weighted by Gasteiger charge is -2.36. The predicted octanol–water partition coefficient (Wildman–Crippen LogP) is 4.58. The lowest BCUT2D eigenvalue weighted by molar-refractivity contribution is -0.139. The van der Waals surface area contributed by atoms with Crippen LogP contribution in [0.3, 0.4) is 0 Å². The lowest BCUT2D eigenvalue weighted by Crippen LogP contribution is -2.38. The fourth-order valence-corrected chi connectivity index (χ4v) is 4.96. The van der Waals surface area contributed by atoms with Gasteiger partial charge in [-0.25, -0.2) is 9.79 Å². The van der Waals surface area contributed by atoms with E-state index >= 15 is 0 Å². The van der Waals surface area contributed by atoms with E-state index in [1.807, 2.05) is 40.6 Å². The molecular formula is C24H23ClN4O3S. The van der Waals surface area contributed by atoms with Crippen LogP contribution in [-0.4, -0.2) is 33.5 Å². The maximum atomic E-state index is 13.0. The summed E-state index contributed by atoms with van der Waals surface area (Å²) < 4.78 is 5.35. The van der Waals surface area contributed by atoms with E-state index in [9.17, 15) is 9.59 Å². The van der Waals surface area contributed by atoms with Gasteiger partial charge in [-0.3, -0.25) is 9.78 Å². The van der Waals surface area contributed by atoms with Gasteiger partial charge in [0.05, 0.1) is 30.3 Å². The molecule has 0 saturated heterocycles. The SMILES string of the molecule is CCOC(=O)C1=C(C)N=C2SC=C(CC(=O)NCc3ccncc3)N2C1c1ccccc1Cl. The number of allylic oxidation sites excluding steroid dienone is 1. The van der Waals surface area contributed by atoms with E-state index in [1.54, 1.807) is 32.3 Å². The molecule has 2 aliphatic rings. The van der Waals surface area contributed by atoms with Crippen molar-refractivity contribution in [3.05, 3.63) is 87.3 Å². The molecule has 2 aromatic rings. The van der Waals surface area contributed by atoms with Crippen LogP contribution >= 0.6 is 23.4 Å². The van der Waals surface area contributed by atoms with Gasteiger partial charge < -0.3 is 15.0 Å². The first-order valence-corrected chi connectivity index (χ1v) is 11.8. The van der Waals surface area contributed by atoms with Crippen molar-refractivity contribution < 1.29 is 14.3 Å². The third-order valence-corrected chi connectivity index (χ3v) is 6.51. The van der Waals surface area contributed by atoms with Gasteiger partial charge in [-0.15, -0.1) is 0 Å². The van der Waals surface area contributed by atoms with Crippen molar-refractivity contribution >= 4 is 40.4 Å². The normalized spacial score (nSPS) is 17.3. The van der Waals surface area contributed by atoms with Crippen LogP contribution in [0.5, 0.6) is 0 Å². The van der Waals surface area contributed by atoms with E-state index in [1.165, 1.54) is 11.8 Å². The molecule has 1 aromatic heterocycles. The third-order valence-electron chi connectivity index (χ3n) is 5.28. The van der Waals surface area contributed by atoms with Crippen LogP contribution in [0.1, 0.15) is 37.4 Å². The van der Waals surface area contributed by atoms with Gasteiger partial charge in [-0.05, 0) is 48.6 Å². The molecule has 3 heterocycles. The molecule has 7 nitrogen and oxygen atoms in total. The molecule has 33 heavy (non-hydrogen) atoms. The molecule has 0 aliphatic carbocycles. The highest BCUT2D eigenvalue weighted by atomic mass is 35.5. The summed E-state index contributed by atoms with van der Waals surface area (Å²) in [6.45, 7) is 4.21. The fraction of sp³-hybridized carbons (Fsp3) is 0.250. The summed E-state index contributed by atoms with van der Waals surface area (Å²) >= 11 is 7.98. The Bertz CT molecular complexity index is 1160. The average molecular weight is 483 g/mol. The largest absolute Gasteiger partial charge is 0.463 e. The van der Waals surface area contributed by atoms with Gasteiger partial charge in [0.1, 0.15) is 0 Å². The minimum atomic E-state index is -0.542. The van der Waals surface area contributed by atoms with Crippen molar-refractivity contribution in [3.63, 3.8) is 0 Å². The first kappa shape index (κ1) is 23.1. The molecule has 9 heteroatoms. The number of fused-ring (bicyclic) bond motifs is 1. The molecule has 1 N–H and O–H groups in total. The number of nitrogens with zero attached hydrogens (tertiary/aromatic N) is 3. The van der Waals surface area contributed by atoms with E-state index in [2.05, 4.69) is 15.3 Å². The Balaban J connectivity index is 1.62. The van der Waals surface area contributed by atoms with Crippen LogP contribution in [0.15, 0.2) is 76.2 Å². The van der Waals surface area contributed by atoms with Gasteiger partial charge in [0.2, 0.25) is 5.91 Å². The number of hydrogen-bond donors (Lipinski definition) is 1. The molecule has 170 valence electrons. The Hall–Kier alpha value is -3.10. The van der Waals surface area contributed by atoms with Crippen molar-refractivity contribution in [3.8, 4) is 0 Å². The number of thioether (sulfide) groups is 1. The van der Waals surface area contributed by atoms with Crippen LogP contribution < -0.4 is 5.32 Å². The number of halogens is 1. The predicted molar refractivity (Wildman–Crippen MR) is 129 cm³/mol. The molecule has 0 saturated carbocycles. The van der Waals surface area contributed by atoms with Gasteiger partial charge in [-0.1, -0.05) is 41.6 Å². The highest BCUT2D eigenvalue weighted by Crippen LogP contribution is 2.46. The Morgan fingerprint density at radius 3 is 2.70 bits per heavy atom. The molecule has 1 aromatic carbocycles. The van der Waals surface area contributed by atoms with E-state index in [-0.39, 0.29) is 18.9 Å². The molecule has 0 fully saturated rings. The third kappa shape index (κ3) is 4.96. The molecule has 1 unspecified atom stereocenters. The maximum Gasteiger partial charge on any atom is 0.338 e. The Kier molecular flexibility index (Phi) is 7.15. The molecule has 1 atom stereocenters. The van der Waals surface area contributed by atoms with E-state index in [4.69, 9.17) is 16.3 Å². The number of esters is 1. The molecule has 0 radical (unpaired) electrons. The number of pyridine rings is 1. The second kappa shape index (κ2) is 10.2. The van der Waals surface area contributed by atoms with Crippen LogP contribution in [0, 0.1) is 0 Å². The number of ether oxygens (including phenoxy) is 1. The molecular weight excluding hydrogens is 460 g/mol. The van der Waals surface area contributed by atoms with Gasteiger partial charge in [0.15, 0.2) is 5.17 Å². The average Bonchev–Trinajstić information content (AvgIpc) is 3.20. The standard InChI is InChI=1S/C24H23ClN4O3S/c1-3-32-23(31)21-15(2)28-24-29(22(21)18-6-4-5-7-19(18)25)17(14-33-24)12-20(30)27-13-16-8-10-26-11-9-16/h4-11,14,22H,3,12-13H2,1-2H3,(H,27,30). The highest BCUT2D eigenvalue weighted by molar-refractivity contribution is 8.16. The first-order chi connectivity index (χ1) is 16.0. The number of carbonyl (C=O) groups excluding carboxylic acids is 2. The molecule has 4 rings (SSSR count). The van der Waals surface area contributed by atoms with Gasteiger partial charge in [-0.2, -0.15) is 0 Å². The van der Waals surface area contributed by atoms with Crippen molar-refractivity contribution in [2.75, 3.05) is 6.61 Å². The maximum absolute atomic E-state index is 13.0. The number of benzene rings is 1. The smallest absolute Gasteiger partial charge is 0.338 e. The Morgan fingerprint density at radius 2 is 1.97 bits per heavy atom. The summed E-state index contributed by atoms with van der Waals surface area (Å²) in [4.78, 5) is 36.3. The number of amidine groups is 1. The van der Waals surface area contributed by atoms with Gasteiger partial charge in [0.25, 0.3) is 0 Å². The van der Waals surface area contributed by atoms with Crippen LogP contribution in [0.25, 0.3) is 0 Å². The second-order valence-electron chi connectivity index (χ2n) is 7.44. The molecule has 0 spiro atoms. The summed E-state index contributed by atoms with van der Waals surface area (Å²) in [6.07, 6.45) is 3.51. The van der Waals surface area contributed by atoms with Gasteiger partial charge in [0, 0.05) is 29.7 Å². The highest BCUT2D eigenvalue weighted by Gasteiger charge is 2.41. The Labute approximate surface area is 201 Å². The number of nitrogens with one attached hydrogen (secondary N) is 1. The molecule has 1 amide bonds. The quantitative estimate of drug-likeness (QED) is 0.581. The minimum absolute atomic E-state index is 0.132. The first-order valence-electron chi connectivity index (χ1n) is 10.5. The zero-order valence-electron chi connectivity index (χ0n) is 18.2. The number of rotatable bonds is 7. The number of hydrogen-bond acceptors (Lipinski definition) is 7. The summed E-state index contributed by atoms with van der Waals surface area (Å²) in [5.74, 6) is -0.581. The van der Waals surface area contributed by atoms with Crippen molar-refractivity contribution in [1.29, 1.82) is 0 Å². The van der Waals surface area contributed by atoms with Crippen LogP contribution in [-0.2, 0) is 20.9 Å². The van der Waals surface area contributed by atoms with Crippen LogP contribution in [0.2, 0.25) is 5.02 Å².